The van der Waals surface area contributed by atoms with E-state index in [4.69, 9.17) is 16.3 Å². The highest BCUT2D eigenvalue weighted by molar-refractivity contribution is 7.89. The standard InChI is InChI=1S/C25H26ClN3O5S/c1-3-34-24-14-19(9-12-23(24)30)15-27-28-25(31)17-29(16-20-5-4-6-21(26)13-20)35(32,33)22-10-7-18(2)8-11-22/h4-15,30H,3,16-17H2,1-2H3,(H,28,31)/b27-15-. The van der Waals surface area contributed by atoms with Gasteiger partial charge in [0.2, 0.25) is 10.0 Å². The molecule has 0 atom stereocenters. The van der Waals surface area contributed by atoms with E-state index in [0.29, 0.717) is 28.5 Å². The largest absolute Gasteiger partial charge is 0.504 e. The molecule has 10 heteroatoms. The summed E-state index contributed by atoms with van der Waals surface area (Å²) in [6.45, 7) is 3.52. The molecule has 0 saturated carbocycles. The first-order chi connectivity index (χ1) is 16.7. The molecule has 0 aromatic heterocycles. The molecule has 0 fully saturated rings. The molecule has 0 radical (unpaired) electrons. The van der Waals surface area contributed by atoms with Crippen LogP contribution in [0.5, 0.6) is 11.5 Å². The van der Waals surface area contributed by atoms with Gasteiger partial charge in [-0.05, 0) is 67.4 Å². The minimum Gasteiger partial charge on any atom is -0.504 e. The zero-order chi connectivity index (χ0) is 25.4. The van der Waals surface area contributed by atoms with E-state index in [2.05, 4.69) is 10.5 Å². The summed E-state index contributed by atoms with van der Waals surface area (Å²) in [4.78, 5) is 12.7. The Morgan fingerprint density at radius 2 is 1.89 bits per heavy atom. The van der Waals surface area contributed by atoms with Crippen LogP contribution in [0.25, 0.3) is 0 Å². The van der Waals surface area contributed by atoms with Crippen molar-refractivity contribution in [2.24, 2.45) is 5.10 Å². The number of aryl methyl sites for hydroxylation is 1. The van der Waals surface area contributed by atoms with Crippen LogP contribution in [0.2, 0.25) is 5.02 Å². The predicted octanol–water partition coefficient (Wildman–Crippen LogP) is 4.09. The topological polar surface area (TPSA) is 108 Å². The van der Waals surface area contributed by atoms with E-state index in [-0.39, 0.29) is 17.2 Å². The van der Waals surface area contributed by atoms with Gasteiger partial charge in [0.05, 0.1) is 24.3 Å². The third-order valence-corrected chi connectivity index (χ3v) is 6.95. The third kappa shape index (κ3) is 7.29. The SMILES string of the molecule is CCOc1cc(/C=N\NC(=O)CN(Cc2cccc(Cl)c2)S(=O)(=O)c2ccc(C)cc2)ccc1O. The number of ether oxygens (including phenoxy) is 1. The normalized spacial score (nSPS) is 11.7. The average Bonchev–Trinajstić information content (AvgIpc) is 2.81. The number of hydrogen-bond acceptors (Lipinski definition) is 6. The van der Waals surface area contributed by atoms with Crippen LogP contribution in [0.4, 0.5) is 0 Å². The lowest BCUT2D eigenvalue weighted by Crippen LogP contribution is -2.39. The fourth-order valence-electron chi connectivity index (χ4n) is 3.18. The highest BCUT2D eigenvalue weighted by Crippen LogP contribution is 2.26. The summed E-state index contributed by atoms with van der Waals surface area (Å²) >= 11 is 6.06. The highest BCUT2D eigenvalue weighted by atomic mass is 35.5. The Bertz CT molecular complexity index is 1310. The number of hydrazone groups is 1. The summed E-state index contributed by atoms with van der Waals surface area (Å²) in [5.41, 5.74) is 4.48. The van der Waals surface area contributed by atoms with Crippen LogP contribution in [0.1, 0.15) is 23.6 Å². The fraction of sp³-hybridized carbons (Fsp3) is 0.200. The smallest absolute Gasteiger partial charge is 0.255 e. The second-order valence-corrected chi connectivity index (χ2v) is 10.0. The minimum absolute atomic E-state index is 0.00833. The van der Waals surface area contributed by atoms with E-state index in [0.717, 1.165) is 9.87 Å². The maximum Gasteiger partial charge on any atom is 0.255 e. The van der Waals surface area contributed by atoms with Gasteiger partial charge in [-0.25, -0.2) is 13.8 Å². The van der Waals surface area contributed by atoms with E-state index in [1.807, 2.05) is 6.92 Å². The van der Waals surface area contributed by atoms with Crippen molar-refractivity contribution < 1.29 is 23.1 Å². The number of amides is 1. The minimum atomic E-state index is -3.98. The molecule has 3 aromatic carbocycles. The van der Waals surface area contributed by atoms with Crippen LogP contribution in [-0.4, -0.2) is 43.1 Å². The van der Waals surface area contributed by atoms with Gasteiger partial charge in [0.25, 0.3) is 5.91 Å². The molecule has 3 rings (SSSR count). The Morgan fingerprint density at radius 1 is 1.14 bits per heavy atom. The summed E-state index contributed by atoms with van der Waals surface area (Å²) < 4.78 is 33.1. The lowest BCUT2D eigenvalue weighted by molar-refractivity contribution is -0.121. The Hall–Kier alpha value is -3.40. The van der Waals surface area contributed by atoms with E-state index >= 15 is 0 Å². The molecule has 0 spiro atoms. The molecular weight excluding hydrogens is 490 g/mol. The zero-order valence-corrected chi connectivity index (χ0v) is 20.9. The van der Waals surface area contributed by atoms with Gasteiger partial charge in [0.15, 0.2) is 11.5 Å². The molecule has 3 aromatic rings. The maximum atomic E-state index is 13.3. The summed E-state index contributed by atoms with van der Waals surface area (Å²) in [6.07, 6.45) is 1.37. The number of carbonyl (C=O) groups is 1. The second kappa shape index (κ2) is 11.8. The average molecular weight is 516 g/mol. The number of nitrogens with one attached hydrogen (secondary N) is 1. The Labute approximate surface area is 209 Å². The van der Waals surface area contributed by atoms with Gasteiger partial charge in [-0.1, -0.05) is 41.4 Å². The summed E-state index contributed by atoms with van der Waals surface area (Å²) in [6, 6.07) is 17.8. The Morgan fingerprint density at radius 3 is 2.57 bits per heavy atom. The number of sulfonamides is 1. The van der Waals surface area contributed by atoms with E-state index in [1.54, 1.807) is 55.5 Å². The van der Waals surface area contributed by atoms with Crippen LogP contribution in [0.15, 0.2) is 76.7 Å². The van der Waals surface area contributed by atoms with Gasteiger partial charge in [-0.3, -0.25) is 4.79 Å². The van der Waals surface area contributed by atoms with E-state index in [9.17, 15) is 18.3 Å². The number of carbonyl (C=O) groups excluding carboxylic acids is 1. The van der Waals surface area contributed by atoms with Crippen molar-refractivity contribution in [3.63, 3.8) is 0 Å². The number of phenolic OH excluding ortho intramolecular Hbond substituents is 1. The number of phenols is 1. The molecule has 0 aliphatic heterocycles. The van der Waals surface area contributed by atoms with Crippen molar-refractivity contribution in [3.8, 4) is 11.5 Å². The van der Waals surface area contributed by atoms with Crippen LogP contribution in [-0.2, 0) is 21.4 Å². The molecule has 184 valence electrons. The van der Waals surface area contributed by atoms with Crippen LogP contribution in [0, 0.1) is 6.92 Å². The summed E-state index contributed by atoms with van der Waals surface area (Å²) in [5, 5.41) is 14.2. The first kappa shape index (κ1) is 26.2. The van der Waals surface area contributed by atoms with Crippen LogP contribution in [0.3, 0.4) is 0 Å². The maximum absolute atomic E-state index is 13.3. The lowest BCUT2D eigenvalue weighted by Gasteiger charge is -2.21. The van der Waals surface area contributed by atoms with Gasteiger partial charge >= 0.3 is 0 Å². The zero-order valence-electron chi connectivity index (χ0n) is 19.3. The molecule has 0 aliphatic rings. The van der Waals surface area contributed by atoms with Crippen LogP contribution >= 0.6 is 11.6 Å². The number of aromatic hydroxyl groups is 1. The van der Waals surface area contributed by atoms with Crippen molar-refractivity contribution in [3.05, 3.63) is 88.4 Å². The van der Waals surface area contributed by atoms with Gasteiger partial charge < -0.3 is 9.84 Å². The first-order valence-corrected chi connectivity index (χ1v) is 12.6. The molecule has 0 heterocycles. The molecular formula is C25H26ClN3O5S. The lowest BCUT2D eigenvalue weighted by atomic mass is 10.2. The fourth-order valence-corrected chi connectivity index (χ4v) is 4.78. The molecule has 8 nitrogen and oxygen atoms in total. The van der Waals surface area contributed by atoms with Gasteiger partial charge in [0, 0.05) is 11.6 Å². The van der Waals surface area contributed by atoms with Crippen molar-refractivity contribution in [2.45, 2.75) is 25.3 Å². The Kier molecular flexibility index (Phi) is 8.86. The summed E-state index contributed by atoms with van der Waals surface area (Å²) in [7, 11) is -3.98. The predicted molar refractivity (Wildman–Crippen MR) is 135 cm³/mol. The molecule has 35 heavy (non-hydrogen) atoms. The first-order valence-electron chi connectivity index (χ1n) is 10.8. The molecule has 0 saturated heterocycles. The molecule has 0 aliphatic carbocycles. The number of rotatable bonds is 10. The van der Waals surface area contributed by atoms with Crippen molar-refractivity contribution in [1.82, 2.24) is 9.73 Å². The molecule has 2 N–H and O–H groups in total. The van der Waals surface area contributed by atoms with Gasteiger partial charge in [0.1, 0.15) is 0 Å². The molecule has 0 bridgehead atoms. The molecule has 0 unspecified atom stereocenters. The van der Waals surface area contributed by atoms with Crippen molar-refractivity contribution in [2.75, 3.05) is 13.2 Å². The Balaban J connectivity index is 1.77. The number of nitrogens with zero attached hydrogens (tertiary/aromatic N) is 2. The second-order valence-electron chi connectivity index (χ2n) is 7.67. The highest BCUT2D eigenvalue weighted by Gasteiger charge is 2.27. The van der Waals surface area contributed by atoms with Gasteiger partial charge in [-0.15, -0.1) is 0 Å². The number of halogens is 1. The monoisotopic (exact) mass is 515 g/mol. The van der Waals surface area contributed by atoms with Crippen molar-refractivity contribution >= 4 is 33.7 Å². The van der Waals surface area contributed by atoms with Crippen LogP contribution < -0.4 is 10.2 Å². The van der Waals surface area contributed by atoms with Gasteiger partial charge in [-0.2, -0.15) is 9.41 Å². The van der Waals surface area contributed by atoms with E-state index in [1.165, 1.54) is 24.4 Å². The quantitative estimate of drug-likeness (QED) is 0.312. The number of hydrogen-bond donors (Lipinski definition) is 2. The summed E-state index contributed by atoms with van der Waals surface area (Å²) in [5.74, 6) is -0.339. The number of benzene rings is 3. The third-order valence-electron chi connectivity index (χ3n) is 4.91. The van der Waals surface area contributed by atoms with E-state index < -0.39 is 22.5 Å². The molecule has 1 amide bonds. The van der Waals surface area contributed by atoms with Crippen molar-refractivity contribution in [1.29, 1.82) is 0 Å².